The van der Waals surface area contributed by atoms with Crippen molar-refractivity contribution < 1.29 is 23.1 Å². The van der Waals surface area contributed by atoms with E-state index in [1.165, 1.54) is 7.11 Å². The van der Waals surface area contributed by atoms with Crippen LogP contribution >= 0.6 is 0 Å². The molecular weight excluding hydrogens is 306 g/mol. The van der Waals surface area contributed by atoms with Crippen LogP contribution < -0.4 is 15.4 Å². The molecule has 2 aromatic carbocycles. The molecule has 0 aliphatic heterocycles. The van der Waals surface area contributed by atoms with Gasteiger partial charge in [-0.3, -0.25) is 9.59 Å². The third-order valence-corrected chi connectivity index (χ3v) is 2.88. The van der Waals surface area contributed by atoms with Crippen LogP contribution in [0.3, 0.4) is 0 Å². The molecule has 2 rings (SSSR count). The zero-order valence-corrected chi connectivity index (χ0v) is 12.2. The minimum atomic E-state index is -0.911. The van der Waals surface area contributed by atoms with E-state index in [2.05, 4.69) is 10.6 Å². The van der Waals surface area contributed by atoms with Gasteiger partial charge in [0.2, 0.25) is 11.8 Å². The molecule has 2 amide bonds. The summed E-state index contributed by atoms with van der Waals surface area (Å²) in [5.74, 6) is -2.39. The van der Waals surface area contributed by atoms with E-state index in [1.54, 1.807) is 24.3 Å². The summed E-state index contributed by atoms with van der Waals surface area (Å²) in [6, 6.07) is 9.36. The molecule has 2 aromatic rings. The fraction of sp³-hybridized carbons (Fsp3) is 0.125. The Hall–Kier alpha value is -2.96. The van der Waals surface area contributed by atoms with Gasteiger partial charge < -0.3 is 15.4 Å². The Bertz CT molecular complexity index is 735. The first-order valence-electron chi connectivity index (χ1n) is 6.67. The molecule has 2 N–H and O–H groups in total. The Balaban J connectivity index is 1.93. The Kier molecular flexibility index (Phi) is 5.24. The zero-order valence-electron chi connectivity index (χ0n) is 12.2. The van der Waals surface area contributed by atoms with E-state index < -0.39 is 29.9 Å². The second-order valence-corrected chi connectivity index (χ2v) is 4.63. The lowest BCUT2D eigenvalue weighted by Crippen LogP contribution is -2.21. The molecule has 0 radical (unpaired) electrons. The number of methoxy groups -OCH3 is 1. The van der Waals surface area contributed by atoms with Crippen LogP contribution in [0.2, 0.25) is 0 Å². The Morgan fingerprint density at radius 2 is 1.78 bits per heavy atom. The van der Waals surface area contributed by atoms with Gasteiger partial charge in [-0.2, -0.15) is 0 Å². The largest absolute Gasteiger partial charge is 0.497 e. The van der Waals surface area contributed by atoms with Crippen LogP contribution in [0, 0.1) is 11.6 Å². The van der Waals surface area contributed by atoms with Gasteiger partial charge in [-0.05, 0) is 24.3 Å². The van der Waals surface area contributed by atoms with E-state index in [4.69, 9.17) is 4.74 Å². The minimum Gasteiger partial charge on any atom is -0.497 e. The van der Waals surface area contributed by atoms with Crippen molar-refractivity contribution >= 4 is 23.2 Å². The highest BCUT2D eigenvalue weighted by molar-refractivity contribution is 6.08. The molecule has 0 spiro atoms. The number of carbonyl (C=O) groups excluding carboxylic acids is 2. The van der Waals surface area contributed by atoms with Crippen molar-refractivity contribution in [1.82, 2.24) is 0 Å². The van der Waals surface area contributed by atoms with Crippen molar-refractivity contribution in [3.05, 3.63) is 54.1 Å². The van der Waals surface area contributed by atoms with Gasteiger partial charge >= 0.3 is 0 Å². The summed E-state index contributed by atoms with van der Waals surface area (Å²) >= 11 is 0. The van der Waals surface area contributed by atoms with E-state index in [1.807, 2.05) is 0 Å². The molecule has 0 bridgehead atoms. The van der Waals surface area contributed by atoms with Crippen LogP contribution in [-0.2, 0) is 9.59 Å². The smallest absolute Gasteiger partial charge is 0.233 e. The molecule has 120 valence electrons. The predicted molar refractivity (Wildman–Crippen MR) is 81.2 cm³/mol. The van der Waals surface area contributed by atoms with Gasteiger partial charge in [-0.1, -0.05) is 6.07 Å². The van der Waals surface area contributed by atoms with Crippen molar-refractivity contribution in [3.63, 3.8) is 0 Å². The van der Waals surface area contributed by atoms with Crippen LogP contribution in [0.25, 0.3) is 0 Å². The molecule has 0 saturated carbocycles. The third-order valence-electron chi connectivity index (χ3n) is 2.88. The summed E-state index contributed by atoms with van der Waals surface area (Å²) in [5.41, 5.74) is 0.278. The number of nitrogens with one attached hydrogen (secondary N) is 2. The van der Waals surface area contributed by atoms with E-state index >= 15 is 0 Å². The first kappa shape index (κ1) is 16.4. The lowest BCUT2D eigenvalue weighted by atomic mass is 10.2. The average molecular weight is 320 g/mol. The molecule has 0 aliphatic carbocycles. The molecule has 0 fully saturated rings. The van der Waals surface area contributed by atoms with E-state index in [-0.39, 0.29) is 5.69 Å². The van der Waals surface area contributed by atoms with Gasteiger partial charge in [0.25, 0.3) is 0 Å². The number of halogens is 2. The normalized spacial score (nSPS) is 10.0. The van der Waals surface area contributed by atoms with Gasteiger partial charge in [0.15, 0.2) is 0 Å². The fourth-order valence-electron chi connectivity index (χ4n) is 1.84. The van der Waals surface area contributed by atoms with Gasteiger partial charge in [-0.25, -0.2) is 8.78 Å². The number of hydrogen-bond donors (Lipinski definition) is 2. The molecule has 23 heavy (non-hydrogen) atoms. The summed E-state index contributed by atoms with van der Waals surface area (Å²) in [6.45, 7) is 0. The number of rotatable bonds is 5. The van der Waals surface area contributed by atoms with Crippen molar-refractivity contribution in [1.29, 1.82) is 0 Å². The molecule has 0 saturated heterocycles. The van der Waals surface area contributed by atoms with Crippen molar-refractivity contribution in [3.8, 4) is 5.75 Å². The highest BCUT2D eigenvalue weighted by Gasteiger charge is 2.12. The molecule has 0 heterocycles. The van der Waals surface area contributed by atoms with Crippen LogP contribution in [0.1, 0.15) is 6.42 Å². The minimum absolute atomic E-state index is 0.189. The Morgan fingerprint density at radius 3 is 2.48 bits per heavy atom. The highest BCUT2D eigenvalue weighted by Crippen LogP contribution is 2.17. The molecule has 0 aliphatic rings. The van der Waals surface area contributed by atoms with Crippen LogP contribution in [0.4, 0.5) is 20.2 Å². The maximum absolute atomic E-state index is 13.4. The van der Waals surface area contributed by atoms with Gasteiger partial charge in [0.1, 0.15) is 23.8 Å². The number of hydrogen-bond acceptors (Lipinski definition) is 3. The standard InChI is InChI=1S/C16H14F2N2O3/c1-23-12-4-2-3-11(8-12)19-15(21)9-16(22)20-14-6-5-10(17)7-13(14)18/h2-8H,9H2,1H3,(H,19,21)(H,20,22). The summed E-state index contributed by atoms with van der Waals surface area (Å²) in [4.78, 5) is 23.5. The van der Waals surface area contributed by atoms with Crippen LogP contribution in [0.15, 0.2) is 42.5 Å². The van der Waals surface area contributed by atoms with E-state index in [0.717, 1.165) is 12.1 Å². The summed E-state index contributed by atoms with van der Waals surface area (Å²) in [5, 5.41) is 4.73. The first-order chi connectivity index (χ1) is 11.0. The van der Waals surface area contributed by atoms with E-state index in [9.17, 15) is 18.4 Å². The van der Waals surface area contributed by atoms with Crippen molar-refractivity contribution in [2.45, 2.75) is 6.42 Å². The van der Waals surface area contributed by atoms with Gasteiger partial charge in [0.05, 0.1) is 12.8 Å². The topological polar surface area (TPSA) is 67.4 Å². The van der Waals surface area contributed by atoms with Crippen molar-refractivity contribution in [2.75, 3.05) is 17.7 Å². The Morgan fingerprint density at radius 1 is 1.04 bits per heavy atom. The third kappa shape index (κ3) is 4.77. The quantitative estimate of drug-likeness (QED) is 0.832. The maximum atomic E-state index is 13.4. The fourth-order valence-corrected chi connectivity index (χ4v) is 1.84. The number of amides is 2. The number of anilines is 2. The first-order valence-corrected chi connectivity index (χ1v) is 6.67. The molecular formula is C16H14F2N2O3. The predicted octanol–water partition coefficient (Wildman–Crippen LogP) is 2.94. The molecule has 0 unspecified atom stereocenters. The highest BCUT2D eigenvalue weighted by atomic mass is 19.1. The number of benzene rings is 2. The molecule has 0 atom stereocenters. The molecule has 0 aromatic heterocycles. The summed E-state index contributed by atoms with van der Waals surface area (Å²) in [6.07, 6.45) is -0.506. The van der Waals surface area contributed by atoms with E-state index in [0.29, 0.717) is 17.5 Å². The second kappa shape index (κ2) is 7.35. The number of ether oxygens (including phenoxy) is 1. The van der Waals surface area contributed by atoms with Gasteiger partial charge in [-0.15, -0.1) is 0 Å². The average Bonchev–Trinajstić information content (AvgIpc) is 2.50. The lowest BCUT2D eigenvalue weighted by molar-refractivity contribution is -0.123. The van der Waals surface area contributed by atoms with Crippen molar-refractivity contribution in [2.24, 2.45) is 0 Å². The maximum Gasteiger partial charge on any atom is 0.233 e. The van der Waals surface area contributed by atoms with Crippen LogP contribution in [-0.4, -0.2) is 18.9 Å². The second-order valence-electron chi connectivity index (χ2n) is 4.63. The monoisotopic (exact) mass is 320 g/mol. The molecule has 7 heteroatoms. The molecule has 5 nitrogen and oxygen atoms in total. The summed E-state index contributed by atoms with van der Waals surface area (Å²) in [7, 11) is 1.49. The lowest BCUT2D eigenvalue weighted by Gasteiger charge is -2.08. The zero-order chi connectivity index (χ0) is 16.8. The number of carbonyl (C=O) groups is 2. The van der Waals surface area contributed by atoms with Crippen LogP contribution in [0.5, 0.6) is 5.75 Å². The summed E-state index contributed by atoms with van der Waals surface area (Å²) < 4.78 is 31.2. The Labute approximate surface area is 131 Å². The SMILES string of the molecule is COc1cccc(NC(=O)CC(=O)Nc2ccc(F)cc2F)c1. The van der Waals surface area contributed by atoms with Gasteiger partial charge in [0, 0.05) is 17.8 Å².